The van der Waals surface area contributed by atoms with Crippen molar-refractivity contribution in [2.24, 2.45) is 5.73 Å². The lowest BCUT2D eigenvalue weighted by Crippen LogP contribution is -2.55. The Bertz CT molecular complexity index is 847. The molecule has 2 unspecified atom stereocenters. The van der Waals surface area contributed by atoms with E-state index in [9.17, 15) is 23.5 Å². The van der Waals surface area contributed by atoms with Gasteiger partial charge in [-0.1, -0.05) is 42.5 Å². The minimum Gasteiger partial charge on any atom is -0.444 e. The summed E-state index contributed by atoms with van der Waals surface area (Å²) in [6, 6.07) is 13.6. The molecule has 162 valence electrons. The lowest BCUT2D eigenvalue weighted by molar-refractivity contribution is -0.147. The maximum Gasteiger partial charge on any atom is 0.417 e. The Kier molecular flexibility index (Phi) is 7.85. The summed E-state index contributed by atoms with van der Waals surface area (Å²) in [5.74, 6) is -4.78. The van der Waals surface area contributed by atoms with Crippen LogP contribution in [0.15, 0.2) is 54.6 Å². The number of alkyl halides is 2. The number of halogens is 2. The Balaban J connectivity index is 2.01. The van der Waals surface area contributed by atoms with Gasteiger partial charge in [-0.15, -0.1) is 0 Å². The van der Waals surface area contributed by atoms with Gasteiger partial charge < -0.3 is 21.3 Å². The van der Waals surface area contributed by atoms with Crippen LogP contribution in [0.2, 0.25) is 0 Å². The molecule has 2 amide bonds. The lowest BCUT2D eigenvalue weighted by Gasteiger charge is -2.30. The molecule has 0 heterocycles. The average molecular weight is 421 g/mol. The van der Waals surface area contributed by atoms with Crippen molar-refractivity contribution < 1.29 is 28.2 Å². The van der Waals surface area contributed by atoms with Crippen molar-refractivity contribution in [3.63, 3.8) is 0 Å². The third-order valence-corrected chi connectivity index (χ3v) is 4.46. The molecular weight excluding hydrogens is 396 g/mol. The van der Waals surface area contributed by atoms with E-state index in [0.717, 1.165) is 6.92 Å². The zero-order valence-electron chi connectivity index (χ0n) is 16.5. The fourth-order valence-electron chi connectivity index (χ4n) is 2.76. The van der Waals surface area contributed by atoms with E-state index in [0.29, 0.717) is 16.8 Å². The number of nitrogen functional groups attached to an aromatic ring is 1. The summed E-state index contributed by atoms with van der Waals surface area (Å²) >= 11 is 0. The monoisotopic (exact) mass is 421 g/mol. The molecule has 0 bridgehead atoms. The second-order valence-corrected chi connectivity index (χ2v) is 6.96. The molecule has 30 heavy (non-hydrogen) atoms. The molecule has 0 fully saturated rings. The second-order valence-electron chi connectivity index (χ2n) is 6.96. The summed E-state index contributed by atoms with van der Waals surface area (Å²) in [6.07, 6.45) is -3.57. The van der Waals surface area contributed by atoms with E-state index in [-0.39, 0.29) is 17.9 Å². The highest BCUT2D eigenvalue weighted by Crippen LogP contribution is 2.24. The quantitative estimate of drug-likeness (QED) is 0.563. The van der Waals surface area contributed by atoms with Gasteiger partial charge in [0.25, 0.3) is 5.92 Å². The molecule has 2 atom stereocenters. The van der Waals surface area contributed by atoms with Crippen molar-refractivity contribution in [1.29, 1.82) is 0 Å². The van der Waals surface area contributed by atoms with Crippen LogP contribution >= 0.6 is 0 Å². The predicted octanol–water partition coefficient (Wildman–Crippen LogP) is 2.32. The van der Waals surface area contributed by atoms with Crippen molar-refractivity contribution in [2.45, 2.75) is 38.0 Å². The molecule has 0 spiro atoms. The fourth-order valence-corrected chi connectivity index (χ4v) is 2.76. The number of carbonyl (C=O) groups excluding carboxylic acids is 2. The Morgan fingerprint density at radius 2 is 1.70 bits per heavy atom. The largest absolute Gasteiger partial charge is 0.444 e. The van der Waals surface area contributed by atoms with Crippen LogP contribution in [0.1, 0.15) is 18.1 Å². The number of hydrogen-bond donors (Lipinski definition) is 3. The van der Waals surface area contributed by atoms with E-state index >= 15 is 0 Å². The highest BCUT2D eigenvalue weighted by Gasteiger charge is 2.45. The minimum absolute atomic E-state index is 0.0461. The van der Waals surface area contributed by atoms with Gasteiger partial charge >= 0.3 is 6.09 Å². The molecule has 0 aliphatic carbocycles. The maximum absolute atomic E-state index is 14.6. The van der Waals surface area contributed by atoms with E-state index < -0.39 is 36.6 Å². The highest BCUT2D eigenvalue weighted by molar-refractivity contribution is 5.90. The number of rotatable bonds is 8. The molecule has 7 nitrogen and oxygen atoms in total. The van der Waals surface area contributed by atoms with Gasteiger partial charge in [-0.2, -0.15) is 0 Å². The third-order valence-electron chi connectivity index (χ3n) is 4.46. The van der Waals surface area contributed by atoms with E-state index in [1.54, 1.807) is 54.6 Å². The zero-order chi connectivity index (χ0) is 22.3. The molecule has 0 saturated carbocycles. The number of anilines is 1. The van der Waals surface area contributed by atoms with Crippen LogP contribution in [-0.2, 0) is 22.6 Å². The van der Waals surface area contributed by atoms with Crippen LogP contribution < -0.4 is 11.5 Å². The van der Waals surface area contributed by atoms with Crippen molar-refractivity contribution in [3.8, 4) is 0 Å². The van der Waals surface area contributed by atoms with E-state index in [2.05, 4.69) is 0 Å². The molecular formula is C21H25F2N3O4. The van der Waals surface area contributed by atoms with Crippen LogP contribution in [0, 0.1) is 0 Å². The average Bonchev–Trinajstić information content (AvgIpc) is 2.72. The van der Waals surface area contributed by atoms with Gasteiger partial charge in [-0.3, -0.25) is 4.79 Å². The number of nitrogens with zero attached hydrogens (tertiary/aromatic N) is 1. The molecule has 2 rings (SSSR count). The number of benzene rings is 2. The van der Waals surface area contributed by atoms with Gasteiger partial charge in [0.05, 0.1) is 6.54 Å². The van der Waals surface area contributed by atoms with E-state index in [4.69, 9.17) is 16.2 Å². The number of nitrogens with two attached hydrogens (primary N) is 2. The maximum atomic E-state index is 14.6. The summed E-state index contributed by atoms with van der Waals surface area (Å²) in [4.78, 5) is 24.2. The Morgan fingerprint density at radius 1 is 1.10 bits per heavy atom. The molecule has 2 aromatic carbocycles. The Hall–Kier alpha value is -3.04. The van der Waals surface area contributed by atoms with Gasteiger partial charge in [0, 0.05) is 18.7 Å². The van der Waals surface area contributed by atoms with Crippen molar-refractivity contribution in [1.82, 2.24) is 4.90 Å². The van der Waals surface area contributed by atoms with Crippen LogP contribution in [-0.4, -0.2) is 46.6 Å². The smallest absolute Gasteiger partial charge is 0.417 e. The third kappa shape index (κ3) is 6.50. The first kappa shape index (κ1) is 23.2. The molecule has 0 aromatic heterocycles. The van der Waals surface area contributed by atoms with Crippen molar-refractivity contribution in [2.75, 3.05) is 12.3 Å². The van der Waals surface area contributed by atoms with Crippen molar-refractivity contribution >= 4 is 17.7 Å². The fraction of sp³-hybridized carbons (Fsp3) is 0.333. The normalized spacial score (nSPS) is 13.4. The molecule has 9 heteroatoms. The van der Waals surface area contributed by atoms with Gasteiger partial charge in [0.2, 0.25) is 5.91 Å². The summed E-state index contributed by atoms with van der Waals surface area (Å²) < 4.78 is 34.2. The molecule has 0 saturated heterocycles. The second kappa shape index (κ2) is 10.1. The summed E-state index contributed by atoms with van der Waals surface area (Å²) in [5.41, 5.74) is 13.1. The highest BCUT2D eigenvalue weighted by atomic mass is 19.3. The summed E-state index contributed by atoms with van der Waals surface area (Å²) in [6.45, 7) is -0.582. The van der Waals surface area contributed by atoms with Crippen molar-refractivity contribution in [3.05, 3.63) is 65.7 Å². The summed E-state index contributed by atoms with van der Waals surface area (Å²) in [7, 11) is 0. The molecule has 0 aliphatic heterocycles. The Labute approximate surface area is 173 Å². The first-order valence-corrected chi connectivity index (χ1v) is 9.25. The zero-order valence-corrected chi connectivity index (χ0v) is 16.5. The van der Waals surface area contributed by atoms with Gasteiger partial charge in [-0.25, -0.2) is 18.5 Å². The molecule has 5 N–H and O–H groups in total. The topological polar surface area (TPSA) is 119 Å². The van der Waals surface area contributed by atoms with E-state index in [1.165, 1.54) is 0 Å². The first-order chi connectivity index (χ1) is 14.1. The van der Waals surface area contributed by atoms with Crippen LogP contribution in [0.4, 0.5) is 19.3 Å². The lowest BCUT2D eigenvalue weighted by atomic mass is 9.97. The number of amides is 2. The van der Waals surface area contributed by atoms with Gasteiger partial charge in [0.15, 0.2) is 0 Å². The number of carbonyl (C=O) groups is 2. The number of aliphatic hydroxyl groups excluding tert-OH is 1. The predicted molar refractivity (Wildman–Crippen MR) is 108 cm³/mol. The minimum atomic E-state index is -3.84. The van der Waals surface area contributed by atoms with Crippen LogP contribution in [0.5, 0.6) is 0 Å². The number of aliphatic hydroxyl groups is 1. The summed E-state index contributed by atoms with van der Waals surface area (Å²) in [5, 5.41) is 10.1. The van der Waals surface area contributed by atoms with Gasteiger partial charge in [0.1, 0.15) is 12.7 Å². The first-order valence-electron chi connectivity index (χ1n) is 9.25. The SMILES string of the molecule is CC(=O)N(CC(F)(F)C(O)C(N)Cc1ccc(N)cc1)C(=O)OCc1ccccc1. The molecule has 0 aliphatic rings. The van der Waals surface area contributed by atoms with E-state index in [1.807, 2.05) is 0 Å². The number of hydrogen-bond acceptors (Lipinski definition) is 6. The molecule has 2 aromatic rings. The number of ether oxygens (including phenoxy) is 1. The van der Waals surface area contributed by atoms with Crippen LogP contribution in [0.25, 0.3) is 0 Å². The number of imide groups is 1. The standard InChI is InChI=1S/C21H25F2N3O4/c1-14(27)26(20(29)30-12-16-5-3-2-4-6-16)13-21(22,23)19(28)18(25)11-15-7-9-17(24)10-8-15/h2-10,18-19,28H,11-13,24-25H2,1H3. The van der Waals surface area contributed by atoms with Gasteiger partial charge in [-0.05, 0) is 29.7 Å². The Morgan fingerprint density at radius 3 is 2.27 bits per heavy atom. The van der Waals surface area contributed by atoms with Crippen LogP contribution in [0.3, 0.4) is 0 Å². The molecule has 0 radical (unpaired) electrons.